The number of anilines is 1. The molecule has 0 amide bonds. The van der Waals surface area contributed by atoms with Gasteiger partial charge in [0.2, 0.25) is 5.82 Å². The first-order valence-electron chi connectivity index (χ1n) is 7.01. The molecule has 2 aromatic rings. The maximum absolute atomic E-state index is 13.6. The van der Waals surface area contributed by atoms with E-state index in [2.05, 4.69) is 5.10 Å². The van der Waals surface area contributed by atoms with Crippen molar-refractivity contribution in [3.05, 3.63) is 51.0 Å². The number of hydrogen-bond acceptors (Lipinski definition) is 4. The summed E-state index contributed by atoms with van der Waals surface area (Å²) in [6, 6.07) is 4.97. The van der Waals surface area contributed by atoms with Crippen LogP contribution >= 0.6 is 0 Å². The summed E-state index contributed by atoms with van der Waals surface area (Å²) in [5, 5.41) is 15.5. The number of nitrogens with zero attached hydrogens (tertiary/aromatic N) is 4. The van der Waals surface area contributed by atoms with Gasteiger partial charge in [-0.15, -0.1) is 0 Å². The lowest BCUT2D eigenvalue weighted by Crippen LogP contribution is -2.20. The third-order valence-corrected chi connectivity index (χ3v) is 3.60. The molecule has 22 heavy (non-hydrogen) atoms. The maximum Gasteiger partial charge on any atom is 0.334 e. The molecule has 0 saturated heterocycles. The van der Waals surface area contributed by atoms with E-state index in [-0.39, 0.29) is 11.5 Å². The molecular weight excluding hydrogens is 287 g/mol. The zero-order valence-corrected chi connectivity index (χ0v) is 13.1. The largest absolute Gasteiger partial charge is 0.350 e. The normalized spacial score (nSPS) is 10.8. The zero-order valence-electron chi connectivity index (χ0n) is 13.1. The summed E-state index contributed by atoms with van der Waals surface area (Å²) in [6.07, 6.45) is 0.483. The molecule has 1 aromatic carbocycles. The van der Waals surface area contributed by atoms with Gasteiger partial charge < -0.3 is 4.90 Å². The van der Waals surface area contributed by atoms with Gasteiger partial charge in [0.25, 0.3) is 0 Å². The molecule has 0 unspecified atom stereocenters. The number of nitro groups is 1. The van der Waals surface area contributed by atoms with Crippen LogP contribution in [-0.4, -0.2) is 21.8 Å². The summed E-state index contributed by atoms with van der Waals surface area (Å²) in [6.45, 7) is 3.89. The van der Waals surface area contributed by atoms with Crippen molar-refractivity contribution in [3.8, 4) is 0 Å². The fourth-order valence-corrected chi connectivity index (χ4v) is 2.49. The van der Waals surface area contributed by atoms with E-state index >= 15 is 0 Å². The summed E-state index contributed by atoms with van der Waals surface area (Å²) in [5.74, 6) is 0.141. The summed E-state index contributed by atoms with van der Waals surface area (Å²) in [5.41, 5.74) is 1.79. The number of aromatic nitrogens is 2. The average Bonchev–Trinajstić information content (AvgIpc) is 2.79. The molecule has 0 fully saturated rings. The van der Waals surface area contributed by atoms with Gasteiger partial charge in [-0.1, -0.05) is 19.1 Å². The SMILES string of the molecule is CCc1nn(C)c(N(C)Cc2ccc(C)c(F)c2)c1[N+](=O)[O-]. The monoisotopic (exact) mass is 306 g/mol. The second kappa shape index (κ2) is 6.13. The van der Waals surface area contributed by atoms with Crippen LogP contribution in [0.3, 0.4) is 0 Å². The van der Waals surface area contributed by atoms with Crippen LogP contribution in [0.4, 0.5) is 15.9 Å². The van der Waals surface area contributed by atoms with Crippen LogP contribution in [0.25, 0.3) is 0 Å². The van der Waals surface area contributed by atoms with E-state index in [1.54, 1.807) is 32.0 Å². The molecule has 1 heterocycles. The molecule has 0 aliphatic rings. The minimum absolute atomic E-state index is 0.0140. The Balaban J connectivity index is 2.36. The van der Waals surface area contributed by atoms with E-state index in [1.807, 2.05) is 13.0 Å². The van der Waals surface area contributed by atoms with E-state index in [0.29, 0.717) is 30.0 Å². The van der Waals surface area contributed by atoms with Crippen LogP contribution in [0.5, 0.6) is 0 Å². The van der Waals surface area contributed by atoms with Crippen molar-refractivity contribution in [2.24, 2.45) is 7.05 Å². The van der Waals surface area contributed by atoms with E-state index in [1.165, 1.54) is 10.7 Å². The Bertz CT molecular complexity index is 712. The van der Waals surface area contributed by atoms with Crippen molar-refractivity contribution in [1.82, 2.24) is 9.78 Å². The highest BCUT2D eigenvalue weighted by atomic mass is 19.1. The Hall–Kier alpha value is -2.44. The Morgan fingerprint density at radius 1 is 1.45 bits per heavy atom. The number of aryl methyl sites for hydroxylation is 3. The number of benzene rings is 1. The minimum Gasteiger partial charge on any atom is -0.350 e. The molecule has 0 aliphatic heterocycles. The lowest BCUT2D eigenvalue weighted by molar-refractivity contribution is -0.384. The highest BCUT2D eigenvalue weighted by Gasteiger charge is 2.28. The van der Waals surface area contributed by atoms with Crippen LogP contribution < -0.4 is 4.90 Å². The molecule has 7 heteroatoms. The molecule has 0 atom stereocenters. The Morgan fingerprint density at radius 3 is 2.68 bits per heavy atom. The highest BCUT2D eigenvalue weighted by molar-refractivity contribution is 5.61. The molecular formula is C15H19FN4O2. The van der Waals surface area contributed by atoms with Gasteiger partial charge in [0, 0.05) is 20.6 Å². The van der Waals surface area contributed by atoms with E-state index < -0.39 is 4.92 Å². The second-order valence-electron chi connectivity index (χ2n) is 5.29. The van der Waals surface area contributed by atoms with Crippen molar-refractivity contribution in [2.45, 2.75) is 26.8 Å². The van der Waals surface area contributed by atoms with E-state index in [9.17, 15) is 14.5 Å². The first kappa shape index (κ1) is 15.9. The topological polar surface area (TPSA) is 64.2 Å². The van der Waals surface area contributed by atoms with Crippen LogP contribution in [0.2, 0.25) is 0 Å². The number of rotatable bonds is 5. The first-order valence-corrected chi connectivity index (χ1v) is 7.01. The quantitative estimate of drug-likeness (QED) is 0.629. The van der Waals surface area contributed by atoms with Crippen LogP contribution in [0, 0.1) is 22.9 Å². The lowest BCUT2D eigenvalue weighted by atomic mass is 10.1. The molecule has 0 radical (unpaired) electrons. The Morgan fingerprint density at radius 2 is 2.14 bits per heavy atom. The maximum atomic E-state index is 13.6. The summed E-state index contributed by atoms with van der Waals surface area (Å²) in [7, 11) is 3.41. The van der Waals surface area contributed by atoms with Crippen molar-refractivity contribution in [2.75, 3.05) is 11.9 Å². The summed E-state index contributed by atoms with van der Waals surface area (Å²) in [4.78, 5) is 12.6. The third kappa shape index (κ3) is 2.93. The van der Waals surface area contributed by atoms with Gasteiger partial charge in [-0.05, 0) is 30.5 Å². The third-order valence-electron chi connectivity index (χ3n) is 3.60. The smallest absolute Gasteiger partial charge is 0.334 e. The molecule has 118 valence electrons. The average molecular weight is 306 g/mol. The van der Waals surface area contributed by atoms with E-state index in [4.69, 9.17) is 0 Å². The summed E-state index contributed by atoms with van der Waals surface area (Å²) >= 11 is 0. The van der Waals surface area contributed by atoms with Gasteiger partial charge in [0.15, 0.2) is 0 Å². The standard InChI is InChI=1S/C15H19FN4O2/c1-5-13-14(20(21)22)15(19(4)17-13)18(3)9-11-7-6-10(2)12(16)8-11/h6-8H,5,9H2,1-4H3. The van der Waals surface area contributed by atoms with Crippen molar-refractivity contribution in [3.63, 3.8) is 0 Å². The van der Waals surface area contributed by atoms with Crippen LogP contribution in [0.15, 0.2) is 18.2 Å². The van der Waals surface area contributed by atoms with Crippen molar-refractivity contribution in [1.29, 1.82) is 0 Å². The molecule has 0 aliphatic carbocycles. The van der Waals surface area contributed by atoms with Gasteiger partial charge in [0.1, 0.15) is 11.5 Å². The van der Waals surface area contributed by atoms with Crippen molar-refractivity contribution >= 4 is 11.5 Å². The fraction of sp³-hybridized carbons (Fsp3) is 0.400. The lowest BCUT2D eigenvalue weighted by Gasteiger charge is -2.18. The zero-order chi connectivity index (χ0) is 16.4. The van der Waals surface area contributed by atoms with Crippen LogP contribution in [0.1, 0.15) is 23.7 Å². The predicted molar refractivity (Wildman–Crippen MR) is 82.5 cm³/mol. The molecule has 1 aromatic heterocycles. The van der Waals surface area contributed by atoms with Gasteiger partial charge in [0.05, 0.1) is 4.92 Å². The minimum atomic E-state index is -0.409. The van der Waals surface area contributed by atoms with Gasteiger partial charge >= 0.3 is 5.69 Å². The molecule has 0 bridgehead atoms. The van der Waals surface area contributed by atoms with Gasteiger partial charge in [-0.3, -0.25) is 10.1 Å². The number of halogens is 1. The summed E-state index contributed by atoms with van der Waals surface area (Å²) < 4.78 is 15.1. The van der Waals surface area contributed by atoms with Gasteiger partial charge in [-0.2, -0.15) is 5.10 Å². The molecule has 0 saturated carbocycles. The highest BCUT2D eigenvalue weighted by Crippen LogP contribution is 2.31. The van der Waals surface area contributed by atoms with Crippen molar-refractivity contribution < 1.29 is 9.31 Å². The molecule has 0 N–H and O–H groups in total. The Kier molecular flexibility index (Phi) is 4.44. The van der Waals surface area contributed by atoms with Gasteiger partial charge in [-0.25, -0.2) is 9.07 Å². The van der Waals surface area contributed by atoms with E-state index in [0.717, 1.165) is 5.56 Å². The molecule has 6 nitrogen and oxygen atoms in total. The first-order chi connectivity index (χ1) is 10.3. The second-order valence-corrected chi connectivity index (χ2v) is 5.29. The fourth-order valence-electron chi connectivity index (χ4n) is 2.49. The molecule has 2 rings (SSSR count). The molecule has 0 spiro atoms. The Labute approximate surface area is 128 Å². The predicted octanol–water partition coefficient (Wildman–Crippen LogP) is 2.97. The van der Waals surface area contributed by atoms with Crippen LogP contribution in [-0.2, 0) is 20.0 Å². The number of hydrogen-bond donors (Lipinski definition) is 0.